The lowest BCUT2D eigenvalue weighted by atomic mass is 10.0. The van der Waals surface area contributed by atoms with Crippen LogP contribution in [0, 0.1) is 6.92 Å². The van der Waals surface area contributed by atoms with Gasteiger partial charge in [0.2, 0.25) is 0 Å². The minimum absolute atomic E-state index is 0.458. The molecule has 0 amide bonds. The summed E-state index contributed by atoms with van der Waals surface area (Å²) in [6.07, 6.45) is 1.75. The standard InChI is InChI=1S/C13H13N5/c1-8-4-3-5-9-11(8)12(16-17-13(9)14)10-6-7-15-18(10)2/h3-7H,1-2H3,(H2,14,17). The van der Waals surface area contributed by atoms with Crippen LogP contribution in [0.25, 0.3) is 22.2 Å². The summed E-state index contributed by atoms with van der Waals surface area (Å²) in [5, 5.41) is 14.4. The van der Waals surface area contributed by atoms with Crippen LogP contribution in [0.4, 0.5) is 5.82 Å². The molecule has 2 N–H and O–H groups in total. The molecule has 90 valence electrons. The summed E-state index contributed by atoms with van der Waals surface area (Å²) in [5.74, 6) is 0.458. The van der Waals surface area contributed by atoms with Crippen LogP contribution in [0.3, 0.4) is 0 Å². The third kappa shape index (κ3) is 1.44. The van der Waals surface area contributed by atoms with Gasteiger partial charge in [0.05, 0.1) is 5.69 Å². The van der Waals surface area contributed by atoms with Crippen LogP contribution in [-0.2, 0) is 7.05 Å². The van der Waals surface area contributed by atoms with Gasteiger partial charge in [-0.3, -0.25) is 4.68 Å². The molecule has 0 spiro atoms. The molecule has 0 bridgehead atoms. The lowest BCUT2D eigenvalue weighted by Crippen LogP contribution is -2.01. The summed E-state index contributed by atoms with van der Waals surface area (Å²) in [6, 6.07) is 7.91. The van der Waals surface area contributed by atoms with E-state index in [0.29, 0.717) is 5.82 Å². The van der Waals surface area contributed by atoms with Gasteiger partial charge in [0.1, 0.15) is 5.69 Å². The maximum atomic E-state index is 5.89. The maximum absolute atomic E-state index is 5.89. The molecule has 0 radical (unpaired) electrons. The smallest absolute Gasteiger partial charge is 0.154 e. The van der Waals surface area contributed by atoms with E-state index in [1.54, 1.807) is 10.9 Å². The number of nitrogen functional groups attached to an aromatic ring is 1. The van der Waals surface area contributed by atoms with Crippen molar-refractivity contribution in [1.82, 2.24) is 20.0 Å². The zero-order chi connectivity index (χ0) is 12.7. The van der Waals surface area contributed by atoms with Crippen molar-refractivity contribution in [1.29, 1.82) is 0 Å². The predicted molar refractivity (Wildman–Crippen MR) is 70.9 cm³/mol. The molecule has 0 aliphatic heterocycles. The Kier molecular flexibility index (Phi) is 2.26. The molecular weight excluding hydrogens is 226 g/mol. The molecule has 0 aliphatic rings. The Balaban J connectivity index is 2.45. The van der Waals surface area contributed by atoms with E-state index in [0.717, 1.165) is 27.7 Å². The van der Waals surface area contributed by atoms with E-state index in [9.17, 15) is 0 Å². The van der Waals surface area contributed by atoms with E-state index >= 15 is 0 Å². The van der Waals surface area contributed by atoms with E-state index in [4.69, 9.17) is 5.73 Å². The molecule has 0 unspecified atom stereocenters. The molecule has 1 aromatic carbocycles. The quantitative estimate of drug-likeness (QED) is 0.704. The predicted octanol–water partition coefficient (Wildman–Crippen LogP) is 1.92. The highest BCUT2D eigenvalue weighted by atomic mass is 15.3. The summed E-state index contributed by atoms with van der Waals surface area (Å²) in [7, 11) is 1.89. The van der Waals surface area contributed by atoms with Crippen molar-refractivity contribution in [2.75, 3.05) is 5.73 Å². The summed E-state index contributed by atoms with van der Waals surface area (Å²) in [5.41, 5.74) is 8.77. The average Bonchev–Trinajstić information content (AvgIpc) is 2.77. The molecule has 0 atom stereocenters. The second-order valence-electron chi connectivity index (χ2n) is 4.27. The first kappa shape index (κ1) is 10.7. The monoisotopic (exact) mass is 239 g/mol. The van der Waals surface area contributed by atoms with E-state index in [1.165, 1.54) is 0 Å². The van der Waals surface area contributed by atoms with Crippen LogP contribution in [0.1, 0.15) is 5.56 Å². The fourth-order valence-corrected chi connectivity index (χ4v) is 2.19. The number of nitrogens with two attached hydrogens (primary N) is 1. The second kappa shape index (κ2) is 3.80. The van der Waals surface area contributed by atoms with Gasteiger partial charge in [-0.15, -0.1) is 10.2 Å². The third-order valence-electron chi connectivity index (χ3n) is 3.11. The van der Waals surface area contributed by atoms with Crippen molar-refractivity contribution in [2.24, 2.45) is 7.05 Å². The molecule has 2 aromatic heterocycles. The van der Waals surface area contributed by atoms with Gasteiger partial charge in [-0.25, -0.2) is 0 Å². The lowest BCUT2D eigenvalue weighted by Gasteiger charge is -2.09. The van der Waals surface area contributed by atoms with Gasteiger partial charge in [0.25, 0.3) is 0 Å². The molecule has 0 fully saturated rings. The molecule has 5 heteroatoms. The van der Waals surface area contributed by atoms with Gasteiger partial charge >= 0.3 is 0 Å². The molecule has 18 heavy (non-hydrogen) atoms. The van der Waals surface area contributed by atoms with Crippen LogP contribution >= 0.6 is 0 Å². The highest BCUT2D eigenvalue weighted by Crippen LogP contribution is 2.30. The number of hydrogen-bond acceptors (Lipinski definition) is 4. The molecule has 3 aromatic rings. The number of aryl methyl sites for hydroxylation is 2. The van der Waals surface area contributed by atoms with Crippen molar-refractivity contribution < 1.29 is 0 Å². The van der Waals surface area contributed by atoms with Gasteiger partial charge in [-0.1, -0.05) is 18.2 Å². The van der Waals surface area contributed by atoms with E-state index in [2.05, 4.69) is 15.3 Å². The summed E-state index contributed by atoms with van der Waals surface area (Å²) in [4.78, 5) is 0. The number of fused-ring (bicyclic) bond motifs is 1. The van der Waals surface area contributed by atoms with Crippen LogP contribution in [0.5, 0.6) is 0 Å². The summed E-state index contributed by atoms with van der Waals surface area (Å²) in [6.45, 7) is 2.04. The first-order chi connectivity index (χ1) is 8.68. The van der Waals surface area contributed by atoms with E-state index < -0.39 is 0 Å². The number of nitrogens with zero attached hydrogens (tertiary/aromatic N) is 4. The molecule has 0 saturated heterocycles. The minimum atomic E-state index is 0.458. The van der Waals surface area contributed by atoms with Gasteiger partial charge < -0.3 is 5.73 Å². The Hall–Kier alpha value is -2.43. The fourth-order valence-electron chi connectivity index (χ4n) is 2.19. The number of hydrogen-bond donors (Lipinski definition) is 1. The fraction of sp³-hybridized carbons (Fsp3) is 0.154. The zero-order valence-electron chi connectivity index (χ0n) is 10.3. The third-order valence-corrected chi connectivity index (χ3v) is 3.11. The first-order valence-corrected chi connectivity index (χ1v) is 5.68. The Labute approximate surface area is 104 Å². The summed E-state index contributed by atoms with van der Waals surface area (Å²) < 4.78 is 1.78. The van der Waals surface area contributed by atoms with Gasteiger partial charge in [-0.2, -0.15) is 5.10 Å². The largest absolute Gasteiger partial charge is 0.382 e. The van der Waals surface area contributed by atoms with E-state index in [-0.39, 0.29) is 0 Å². The zero-order valence-corrected chi connectivity index (χ0v) is 10.3. The highest BCUT2D eigenvalue weighted by Gasteiger charge is 2.13. The number of benzene rings is 1. The molecule has 3 rings (SSSR count). The van der Waals surface area contributed by atoms with Crippen molar-refractivity contribution in [3.63, 3.8) is 0 Å². The Morgan fingerprint density at radius 1 is 1.17 bits per heavy atom. The Morgan fingerprint density at radius 3 is 2.72 bits per heavy atom. The average molecular weight is 239 g/mol. The normalized spacial score (nSPS) is 11.0. The van der Waals surface area contributed by atoms with Crippen LogP contribution < -0.4 is 5.73 Å². The number of aromatic nitrogens is 4. The first-order valence-electron chi connectivity index (χ1n) is 5.68. The van der Waals surface area contributed by atoms with Crippen LogP contribution in [0.15, 0.2) is 30.5 Å². The molecule has 0 saturated carbocycles. The Morgan fingerprint density at radius 2 is 2.00 bits per heavy atom. The maximum Gasteiger partial charge on any atom is 0.154 e. The minimum Gasteiger partial charge on any atom is -0.382 e. The van der Waals surface area contributed by atoms with Crippen LogP contribution in [0.2, 0.25) is 0 Å². The molecule has 2 heterocycles. The van der Waals surface area contributed by atoms with E-state index in [1.807, 2.05) is 38.2 Å². The van der Waals surface area contributed by atoms with Gasteiger partial charge in [0, 0.05) is 24.0 Å². The number of rotatable bonds is 1. The second-order valence-corrected chi connectivity index (χ2v) is 4.27. The van der Waals surface area contributed by atoms with Gasteiger partial charge in [0.15, 0.2) is 5.82 Å². The van der Waals surface area contributed by atoms with Crippen molar-refractivity contribution >= 4 is 16.6 Å². The van der Waals surface area contributed by atoms with Gasteiger partial charge in [-0.05, 0) is 18.6 Å². The highest BCUT2D eigenvalue weighted by molar-refractivity contribution is 6.00. The topological polar surface area (TPSA) is 69.6 Å². The van der Waals surface area contributed by atoms with Crippen molar-refractivity contribution in [3.8, 4) is 11.4 Å². The van der Waals surface area contributed by atoms with Crippen molar-refractivity contribution in [3.05, 3.63) is 36.0 Å². The summed E-state index contributed by atoms with van der Waals surface area (Å²) >= 11 is 0. The SMILES string of the molecule is Cc1cccc2c(N)nnc(-c3ccnn3C)c12. The number of anilines is 1. The molecule has 0 aliphatic carbocycles. The van der Waals surface area contributed by atoms with Crippen LogP contribution in [-0.4, -0.2) is 20.0 Å². The molecule has 5 nitrogen and oxygen atoms in total. The molecular formula is C13H13N5. The lowest BCUT2D eigenvalue weighted by molar-refractivity contribution is 0.772. The Bertz CT molecular complexity index is 729. The van der Waals surface area contributed by atoms with Crippen molar-refractivity contribution in [2.45, 2.75) is 6.92 Å².